The standard InChI is InChI=1S/C29H52O/c1-3-5-6-8-12-25-19-21-29(22-20-25,27-13-9-7-10-14-27)28(23-30)26-17-15-24(11-4-2)16-18-26/h23-28H,3-22H2,1-2H3/t24?,25-,26?,28?,29+. The van der Waals surface area contributed by atoms with E-state index in [4.69, 9.17) is 0 Å². The molecule has 0 N–H and O–H groups in total. The van der Waals surface area contributed by atoms with E-state index in [-0.39, 0.29) is 0 Å². The molecular formula is C29H52O. The molecule has 0 aromatic rings. The predicted molar refractivity (Wildman–Crippen MR) is 130 cm³/mol. The van der Waals surface area contributed by atoms with Crippen LogP contribution in [0.15, 0.2) is 0 Å². The second-order valence-corrected chi connectivity index (χ2v) is 11.6. The number of carbonyl (C=O) groups is 1. The number of unbranched alkanes of at least 4 members (excludes halogenated alkanes) is 3. The van der Waals surface area contributed by atoms with E-state index in [1.165, 1.54) is 135 Å². The van der Waals surface area contributed by atoms with Gasteiger partial charge in [-0.05, 0) is 80.5 Å². The summed E-state index contributed by atoms with van der Waals surface area (Å²) in [5.74, 6) is 3.80. The molecule has 0 aliphatic heterocycles. The van der Waals surface area contributed by atoms with Gasteiger partial charge in [0.2, 0.25) is 0 Å². The Morgan fingerprint density at radius 3 is 2.00 bits per heavy atom. The van der Waals surface area contributed by atoms with Gasteiger partial charge in [-0.15, -0.1) is 0 Å². The summed E-state index contributed by atoms with van der Waals surface area (Å²) in [5.41, 5.74) is 0.365. The van der Waals surface area contributed by atoms with Gasteiger partial charge in [0.15, 0.2) is 0 Å². The van der Waals surface area contributed by atoms with Crippen molar-refractivity contribution in [3.05, 3.63) is 0 Å². The molecule has 174 valence electrons. The highest BCUT2D eigenvalue weighted by Gasteiger charge is 2.49. The maximum Gasteiger partial charge on any atom is 0.123 e. The summed E-state index contributed by atoms with van der Waals surface area (Å²) in [5, 5.41) is 0. The van der Waals surface area contributed by atoms with E-state index in [0.717, 1.165) is 17.8 Å². The Morgan fingerprint density at radius 2 is 1.40 bits per heavy atom. The Bertz CT molecular complexity index is 461. The zero-order chi connectivity index (χ0) is 21.2. The Morgan fingerprint density at radius 1 is 0.733 bits per heavy atom. The van der Waals surface area contributed by atoms with Crippen molar-refractivity contribution >= 4 is 6.29 Å². The predicted octanol–water partition coefficient (Wildman–Crippen LogP) is 9.14. The van der Waals surface area contributed by atoms with Gasteiger partial charge >= 0.3 is 0 Å². The van der Waals surface area contributed by atoms with Crippen molar-refractivity contribution in [2.75, 3.05) is 0 Å². The molecule has 1 heteroatoms. The molecule has 0 heterocycles. The molecule has 3 aliphatic carbocycles. The van der Waals surface area contributed by atoms with Crippen LogP contribution in [0.2, 0.25) is 0 Å². The molecule has 0 radical (unpaired) electrons. The van der Waals surface area contributed by atoms with E-state index in [1.807, 2.05) is 0 Å². The van der Waals surface area contributed by atoms with Gasteiger partial charge in [0, 0.05) is 5.92 Å². The van der Waals surface area contributed by atoms with Crippen LogP contribution in [0.1, 0.15) is 142 Å². The molecule has 1 nitrogen and oxygen atoms in total. The third-order valence-electron chi connectivity index (χ3n) is 9.83. The normalized spacial score (nSPS) is 34.5. The quantitative estimate of drug-likeness (QED) is 0.242. The van der Waals surface area contributed by atoms with Crippen LogP contribution < -0.4 is 0 Å². The highest BCUT2D eigenvalue weighted by Crippen LogP contribution is 2.57. The van der Waals surface area contributed by atoms with Crippen LogP contribution in [-0.2, 0) is 4.79 Å². The van der Waals surface area contributed by atoms with Crippen molar-refractivity contribution in [1.29, 1.82) is 0 Å². The first kappa shape index (κ1) is 24.3. The summed E-state index contributed by atoms with van der Waals surface area (Å²) < 4.78 is 0. The fraction of sp³-hybridized carbons (Fsp3) is 0.966. The Balaban J connectivity index is 1.65. The van der Waals surface area contributed by atoms with Crippen LogP contribution in [0.25, 0.3) is 0 Å². The summed E-state index contributed by atoms with van der Waals surface area (Å²) in [4.78, 5) is 12.7. The largest absolute Gasteiger partial charge is 0.303 e. The first-order valence-corrected chi connectivity index (χ1v) is 14.2. The average Bonchev–Trinajstić information content (AvgIpc) is 2.80. The van der Waals surface area contributed by atoms with Crippen molar-refractivity contribution in [2.45, 2.75) is 142 Å². The molecule has 0 saturated heterocycles. The lowest BCUT2D eigenvalue weighted by Gasteiger charge is -2.53. The average molecular weight is 417 g/mol. The zero-order valence-electron chi connectivity index (χ0n) is 20.5. The van der Waals surface area contributed by atoms with Crippen molar-refractivity contribution in [3.63, 3.8) is 0 Å². The topological polar surface area (TPSA) is 17.1 Å². The number of aldehydes is 1. The lowest BCUT2D eigenvalue weighted by molar-refractivity contribution is -0.125. The molecule has 0 bridgehead atoms. The maximum atomic E-state index is 12.7. The number of hydrogen-bond acceptors (Lipinski definition) is 1. The molecular weight excluding hydrogens is 364 g/mol. The van der Waals surface area contributed by atoms with Crippen LogP contribution in [0.3, 0.4) is 0 Å². The Kier molecular flexibility index (Phi) is 10.2. The number of rotatable bonds is 11. The van der Waals surface area contributed by atoms with Gasteiger partial charge in [0.05, 0.1) is 0 Å². The van der Waals surface area contributed by atoms with E-state index in [0.29, 0.717) is 17.3 Å². The molecule has 0 spiro atoms. The van der Waals surface area contributed by atoms with E-state index in [2.05, 4.69) is 13.8 Å². The molecule has 1 unspecified atom stereocenters. The number of hydrogen-bond donors (Lipinski definition) is 0. The number of carbonyl (C=O) groups excluding carboxylic acids is 1. The highest BCUT2D eigenvalue weighted by atomic mass is 16.1. The van der Waals surface area contributed by atoms with Crippen LogP contribution in [0.4, 0.5) is 0 Å². The Hall–Kier alpha value is -0.330. The van der Waals surface area contributed by atoms with E-state index < -0.39 is 0 Å². The molecule has 3 aliphatic rings. The van der Waals surface area contributed by atoms with E-state index >= 15 is 0 Å². The fourth-order valence-corrected chi connectivity index (χ4v) is 8.02. The first-order valence-electron chi connectivity index (χ1n) is 14.2. The minimum Gasteiger partial charge on any atom is -0.303 e. The summed E-state index contributed by atoms with van der Waals surface area (Å²) in [6, 6.07) is 0. The third kappa shape index (κ3) is 6.13. The molecule has 3 fully saturated rings. The molecule has 3 saturated carbocycles. The molecule has 30 heavy (non-hydrogen) atoms. The van der Waals surface area contributed by atoms with Gasteiger partial charge in [0.1, 0.15) is 6.29 Å². The smallest absolute Gasteiger partial charge is 0.123 e. The molecule has 0 aromatic heterocycles. The fourth-order valence-electron chi connectivity index (χ4n) is 8.02. The molecule has 3 rings (SSSR count). The van der Waals surface area contributed by atoms with Crippen molar-refractivity contribution in [2.24, 2.45) is 35.0 Å². The highest BCUT2D eigenvalue weighted by molar-refractivity contribution is 5.56. The minimum absolute atomic E-state index is 0.365. The minimum atomic E-state index is 0.365. The second kappa shape index (κ2) is 12.6. The molecule has 1 atom stereocenters. The Labute approximate surface area is 188 Å². The van der Waals surface area contributed by atoms with Gasteiger partial charge in [-0.1, -0.05) is 90.9 Å². The van der Waals surface area contributed by atoms with E-state index in [9.17, 15) is 4.79 Å². The monoisotopic (exact) mass is 416 g/mol. The second-order valence-electron chi connectivity index (χ2n) is 11.6. The van der Waals surface area contributed by atoms with Crippen molar-refractivity contribution in [3.8, 4) is 0 Å². The SMILES string of the molecule is CCCCCC[C@H]1CC[C@@](C2CCCCC2)(C(C=O)C2CCC(CCC)CC2)CC1. The first-order chi connectivity index (χ1) is 14.7. The van der Waals surface area contributed by atoms with Crippen LogP contribution in [-0.4, -0.2) is 6.29 Å². The zero-order valence-corrected chi connectivity index (χ0v) is 20.5. The van der Waals surface area contributed by atoms with Crippen LogP contribution in [0, 0.1) is 35.0 Å². The summed E-state index contributed by atoms with van der Waals surface area (Å²) in [6.45, 7) is 4.65. The molecule has 0 aromatic carbocycles. The summed E-state index contributed by atoms with van der Waals surface area (Å²) in [7, 11) is 0. The van der Waals surface area contributed by atoms with Gasteiger partial charge < -0.3 is 4.79 Å². The summed E-state index contributed by atoms with van der Waals surface area (Å²) in [6.07, 6.45) is 29.4. The van der Waals surface area contributed by atoms with Gasteiger partial charge in [-0.2, -0.15) is 0 Å². The van der Waals surface area contributed by atoms with Crippen molar-refractivity contribution < 1.29 is 4.79 Å². The third-order valence-corrected chi connectivity index (χ3v) is 9.83. The maximum absolute atomic E-state index is 12.7. The van der Waals surface area contributed by atoms with Crippen LogP contribution >= 0.6 is 0 Å². The lowest BCUT2D eigenvalue weighted by Crippen LogP contribution is -2.46. The molecule has 0 amide bonds. The summed E-state index contributed by atoms with van der Waals surface area (Å²) >= 11 is 0. The van der Waals surface area contributed by atoms with E-state index in [1.54, 1.807) is 0 Å². The van der Waals surface area contributed by atoms with Gasteiger partial charge in [-0.3, -0.25) is 0 Å². The van der Waals surface area contributed by atoms with Gasteiger partial charge in [-0.25, -0.2) is 0 Å². The lowest BCUT2D eigenvalue weighted by atomic mass is 9.51. The van der Waals surface area contributed by atoms with Gasteiger partial charge in [0.25, 0.3) is 0 Å². The van der Waals surface area contributed by atoms with Crippen molar-refractivity contribution in [1.82, 2.24) is 0 Å². The van der Waals surface area contributed by atoms with Crippen LogP contribution in [0.5, 0.6) is 0 Å².